The van der Waals surface area contributed by atoms with Gasteiger partial charge in [-0.05, 0) is 70.6 Å². The molecule has 422 valence electrons. The van der Waals surface area contributed by atoms with Crippen LogP contribution in [0.15, 0.2) is 85.1 Å². The lowest BCUT2D eigenvalue weighted by Crippen LogP contribution is -2.60. The molecule has 0 aromatic carbocycles. The van der Waals surface area contributed by atoms with Gasteiger partial charge in [-0.1, -0.05) is 266 Å². The van der Waals surface area contributed by atoms with Crippen molar-refractivity contribution in [3.05, 3.63) is 85.1 Å². The van der Waals surface area contributed by atoms with E-state index in [-0.39, 0.29) is 12.5 Å². The molecule has 73 heavy (non-hydrogen) atoms. The van der Waals surface area contributed by atoms with Crippen molar-refractivity contribution in [2.45, 2.75) is 301 Å². The van der Waals surface area contributed by atoms with E-state index in [1.165, 1.54) is 161 Å². The zero-order valence-electron chi connectivity index (χ0n) is 46.9. The minimum absolute atomic E-state index is 0.178. The molecule has 1 heterocycles. The SMILES string of the molecule is CC/C=C\C/C=C\C/C=C\C/C=C\C/C=C\C/C=C\CCCCCCCCCCCCCCCCCCC(=O)NC(COC1OC(CO)C(O)C(O)C1O)C(O)/C=C/CCCCCCCCCCCCCCC. The Bertz CT molecular complexity index is 1420. The first-order chi connectivity index (χ1) is 35.8. The Hall–Kier alpha value is -2.63. The summed E-state index contributed by atoms with van der Waals surface area (Å²) in [5, 5.41) is 54.5. The molecule has 0 radical (unpaired) electrons. The van der Waals surface area contributed by atoms with Gasteiger partial charge in [0.2, 0.25) is 5.91 Å². The average Bonchev–Trinajstić information content (AvgIpc) is 3.39. The van der Waals surface area contributed by atoms with Crippen LogP contribution in [0.25, 0.3) is 0 Å². The van der Waals surface area contributed by atoms with E-state index in [4.69, 9.17) is 9.47 Å². The molecule has 1 rings (SSSR count). The Morgan fingerprint density at radius 2 is 0.849 bits per heavy atom. The molecule has 6 N–H and O–H groups in total. The second-order valence-corrected chi connectivity index (χ2v) is 20.8. The van der Waals surface area contributed by atoms with Crippen molar-refractivity contribution < 1.29 is 39.8 Å². The van der Waals surface area contributed by atoms with Gasteiger partial charge in [0.15, 0.2) is 6.29 Å². The molecule has 1 aliphatic heterocycles. The quantitative estimate of drug-likeness (QED) is 0.0261. The molecule has 7 atom stereocenters. The monoisotopic (exact) mass is 1020 g/mol. The van der Waals surface area contributed by atoms with Crippen LogP contribution in [-0.2, 0) is 14.3 Å². The Labute approximate surface area is 448 Å². The van der Waals surface area contributed by atoms with E-state index in [0.29, 0.717) is 6.42 Å². The lowest BCUT2D eigenvalue weighted by molar-refractivity contribution is -0.302. The van der Waals surface area contributed by atoms with E-state index in [1.54, 1.807) is 6.08 Å². The molecule has 1 amide bonds. The molecule has 1 fully saturated rings. The summed E-state index contributed by atoms with van der Waals surface area (Å²) >= 11 is 0. The fraction of sp³-hybridized carbons (Fsp3) is 0.766. The molecule has 0 aromatic rings. The second kappa shape index (κ2) is 52.8. The van der Waals surface area contributed by atoms with Crippen molar-refractivity contribution in [3.8, 4) is 0 Å². The number of carbonyl (C=O) groups excluding carboxylic acids is 1. The summed E-state index contributed by atoms with van der Waals surface area (Å²) in [6, 6.07) is -0.808. The number of unbranched alkanes of at least 4 members (excludes halogenated alkanes) is 29. The number of rotatable bonds is 51. The van der Waals surface area contributed by atoms with Crippen LogP contribution in [0.3, 0.4) is 0 Å². The molecule has 0 aliphatic carbocycles. The van der Waals surface area contributed by atoms with E-state index < -0.39 is 49.5 Å². The molecule has 0 saturated carbocycles. The molecule has 9 heteroatoms. The van der Waals surface area contributed by atoms with Crippen molar-refractivity contribution in [2.75, 3.05) is 13.2 Å². The first-order valence-electron chi connectivity index (χ1n) is 30.3. The number of aliphatic hydroxyl groups is 5. The fourth-order valence-corrected chi connectivity index (χ4v) is 9.22. The summed E-state index contributed by atoms with van der Waals surface area (Å²) in [4.78, 5) is 13.1. The Morgan fingerprint density at radius 1 is 0.479 bits per heavy atom. The van der Waals surface area contributed by atoms with Crippen LogP contribution < -0.4 is 5.32 Å². The number of nitrogens with one attached hydrogen (secondary N) is 1. The highest BCUT2D eigenvalue weighted by atomic mass is 16.7. The van der Waals surface area contributed by atoms with Gasteiger partial charge < -0.3 is 40.3 Å². The molecule has 9 nitrogen and oxygen atoms in total. The van der Waals surface area contributed by atoms with Crippen LogP contribution in [0.4, 0.5) is 0 Å². The standard InChI is InChI=1S/C64H113NO8/c1-3-5-7-9-11-13-15-17-19-20-21-22-23-24-25-26-27-28-29-30-31-32-33-34-35-36-37-38-40-42-44-46-48-50-52-54-60(68)65-57(56-72-64-63(71)62(70)61(69)59(55-66)73-64)58(67)53-51-49-47-45-43-41-39-18-16-14-12-10-8-6-4-2/h5,7,11,13,17,19,21-22,24-25,27-28,51,53,57-59,61-64,66-67,69-71H,3-4,6,8-10,12,14-16,18,20,23,26,29-50,52,54-56H2,1-2H3,(H,65,68)/b7-5-,13-11-,19-17-,22-21-,25-24-,28-27-,53-51+. The summed E-state index contributed by atoms with van der Waals surface area (Å²) in [6.07, 6.45) is 68.0. The normalized spacial score (nSPS) is 19.7. The van der Waals surface area contributed by atoms with Gasteiger partial charge in [0.25, 0.3) is 0 Å². The maximum absolute atomic E-state index is 13.1. The number of carbonyl (C=O) groups is 1. The highest BCUT2D eigenvalue weighted by molar-refractivity contribution is 5.76. The molecule has 7 unspecified atom stereocenters. The Kier molecular flexibility index (Phi) is 49.5. The van der Waals surface area contributed by atoms with Crippen LogP contribution in [-0.4, -0.2) is 87.5 Å². The number of hydrogen-bond acceptors (Lipinski definition) is 8. The minimum atomic E-state index is -1.57. The van der Waals surface area contributed by atoms with Gasteiger partial charge in [0, 0.05) is 6.42 Å². The molecule has 0 bridgehead atoms. The summed E-state index contributed by atoms with van der Waals surface area (Å²) < 4.78 is 11.3. The fourth-order valence-electron chi connectivity index (χ4n) is 9.22. The van der Waals surface area contributed by atoms with E-state index in [1.807, 2.05) is 6.08 Å². The smallest absolute Gasteiger partial charge is 0.220 e. The van der Waals surface area contributed by atoms with Gasteiger partial charge in [-0.25, -0.2) is 0 Å². The lowest BCUT2D eigenvalue weighted by Gasteiger charge is -2.40. The van der Waals surface area contributed by atoms with Gasteiger partial charge in [-0.15, -0.1) is 0 Å². The molecule has 0 spiro atoms. The third kappa shape index (κ3) is 42.2. The third-order valence-corrected chi connectivity index (χ3v) is 14.0. The van der Waals surface area contributed by atoms with Gasteiger partial charge in [0.05, 0.1) is 25.4 Å². The number of aliphatic hydroxyl groups excluding tert-OH is 5. The zero-order chi connectivity index (χ0) is 52.9. The number of allylic oxidation sites excluding steroid dienone is 13. The van der Waals surface area contributed by atoms with Crippen molar-refractivity contribution in [3.63, 3.8) is 0 Å². The van der Waals surface area contributed by atoms with Crippen LogP contribution in [0, 0.1) is 0 Å². The van der Waals surface area contributed by atoms with E-state index >= 15 is 0 Å². The highest BCUT2D eigenvalue weighted by Gasteiger charge is 2.44. The summed E-state index contributed by atoms with van der Waals surface area (Å²) in [7, 11) is 0. The van der Waals surface area contributed by atoms with Crippen molar-refractivity contribution in [1.29, 1.82) is 0 Å². The van der Waals surface area contributed by atoms with E-state index in [0.717, 1.165) is 77.0 Å². The van der Waals surface area contributed by atoms with Crippen molar-refractivity contribution in [2.24, 2.45) is 0 Å². The van der Waals surface area contributed by atoms with Crippen LogP contribution in [0.2, 0.25) is 0 Å². The predicted octanol–water partition coefficient (Wildman–Crippen LogP) is 15.4. The number of hydrogen-bond donors (Lipinski definition) is 6. The highest BCUT2D eigenvalue weighted by Crippen LogP contribution is 2.23. The molecular weight excluding hydrogens is 911 g/mol. The topological polar surface area (TPSA) is 149 Å². The van der Waals surface area contributed by atoms with Crippen molar-refractivity contribution in [1.82, 2.24) is 5.32 Å². The Morgan fingerprint density at radius 3 is 1.26 bits per heavy atom. The summed E-state index contributed by atoms with van der Waals surface area (Å²) in [5.74, 6) is -0.178. The average molecular weight is 1020 g/mol. The van der Waals surface area contributed by atoms with Crippen molar-refractivity contribution >= 4 is 5.91 Å². The third-order valence-electron chi connectivity index (χ3n) is 14.0. The molecular formula is C64H113NO8. The van der Waals surface area contributed by atoms with Crippen LogP contribution >= 0.6 is 0 Å². The van der Waals surface area contributed by atoms with Gasteiger partial charge in [-0.2, -0.15) is 0 Å². The van der Waals surface area contributed by atoms with Gasteiger partial charge >= 0.3 is 0 Å². The maximum Gasteiger partial charge on any atom is 0.220 e. The first kappa shape index (κ1) is 68.4. The largest absolute Gasteiger partial charge is 0.394 e. The molecule has 1 saturated heterocycles. The van der Waals surface area contributed by atoms with Crippen LogP contribution in [0.1, 0.15) is 258 Å². The minimum Gasteiger partial charge on any atom is -0.394 e. The predicted molar refractivity (Wildman–Crippen MR) is 308 cm³/mol. The zero-order valence-corrected chi connectivity index (χ0v) is 46.9. The number of amides is 1. The summed E-state index contributed by atoms with van der Waals surface area (Å²) in [5.41, 5.74) is 0. The Balaban J connectivity index is 2.13. The van der Waals surface area contributed by atoms with E-state index in [2.05, 4.69) is 92.1 Å². The second-order valence-electron chi connectivity index (χ2n) is 20.8. The molecule has 0 aromatic heterocycles. The van der Waals surface area contributed by atoms with Gasteiger partial charge in [-0.3, -0.25) is 4.79 Å². The molecule has 1 aliphatic rings. The van der Waals surface area contributed by atoms with E-state index in [9.17, 15) is 30.3 Å². The van der Waals surface area contributed by atoms with Gasteiger partial charge in [0.1, 0.15) is 24.4 Å². The maximum atomic E-state index is 13.1. The number of ether oxygens (including phenoxy) is 2. The van der Waals surface area contributed by atoms with Crippen LogP contribution in [0.5, 0.6) is 0 Å². The summed E-state index contributed by atoms with van der Waals surface area (Å²) in [6.45, 7) is 3.67. The lowest BCUT2D eigenvalue weighted by atomic mass is 9.99. The first-order valence-corrected chi connectivity index (χ1v) is 30.3.